The molecule has 0 fully saturated rings. The molecule has 0 bridgehead atoms. The highest BCUT2D eigenvalue weighted by atomic mass is 16.5. The van der Waals surface area contributed by atoms with Crippen LogP contribution in [-0.4, -0.2) is 19.3 Å². The van der Waals surface area contributed by atoms with Crippen LogP contribution >= 0.6 is 0 Å². The average Bonchev–Trinajstić information content (AvgIpc) is 2.26. The van der Waals surface area contributed by atoms with E-state index in [1.807, 2.05) is 19.1 Å². The van der Waals surface area contributed by atoms with Gasteiger partial charge in [-0.25, -0.2) is 0 Å². The van der Waals surface area contributed by atoms with Crippen LogP contribution in [0.15, 0.2) is 24.5 Å². The molecule has 0 saturated heterocycles. The minimum absolute atomic E-state index is 0.182. The molecule has 1 aromatic rings. The lowest BCUT2D eigenvalue weighted by atomic mass is 10.0. The number of hydrogen-bond acceptors (Lipinski definition) is 3. The fourth-order valence-electron chi connectivity index (χ4n) is 1.59. The molecule has 0 aliphatic carbocycles. The van der Waals surface area contributed by atoms with E-state index in [-0.39, 0.29) is 5.76 Å². The van der Waals surface area contributed by atoms with Crippen molar-refractivity contribution < 1.29 is 14.6 Å². The molecule has 88 valence electrons. The minimum Gasteiger partial charge on any atom is -0.513 e. The molecule has 1 rings (SSSR count). The molecule has 16 heavy (non-hydrogen) atoms. The summed E-state index contributed by atoms with van der Waals surface area (Å²) in [7, 11) is 3.28. The maximum Gasteiger partial charge on any atom is 0.122 e. The fourth-order valence-corrected chi connectivity index (χ4v) is 1.59. The van der Waals surface area contributed by atoms with Crippen LogP contribution in [0, 0.1) is 6.92 Å². The Morgan fingerprint density at radius 2 is 1.88 bits per heavy atom. The Morgan fingerprint density at radius 3 is 2.38 bits per heavy atom. The first-order valence-corrected chi connectivity index (χ1v) is 5.16. The Balaban J connectivity index is 2.99. The normalized spacial score (nSPS) is 9.94. The lowest BCUT2D eigenvalue weighted by Crippen LogP contribution is -1.97. The first-order valence-electron chi connectivity index (χ1n) is 5.16. The van der Waals surface area contributed by atoms with Crippen molar-refractivity contribution in [2.45, 2.75) is 19.8 Å². The van der Waals surface area contributed by atoms with E-state index in [4.69, 9.17) is 14.6 Å². The van der Waals surface area contributed by atoms with Crippen molar-refractivity contribution in [2.24, 2.45) is 0 Å². The van der Waals surface area contributed by atoms with Crippen LogP contribution in [0.25, 0.3) is 0 Å². The van der Waals surface area contributed by atoms with Crippen LogP contribution in [0.3, 0.4) is 0 Å². The Kier molecular flexibility index (Phi) is 4.23. The van der Waals surface area contributed by atoms with Gasteiger partial charge in [-0.1, -0.05) is 6.58 Å². The summed E-state index contributed by atoms with van der Waals surface area (Å²) in [5.41, 5.74) is 2.05. The van der Waals surface area contributed by atoms with Crippen LogP contribution in [0.2, 0.25) is 0 Å². The molecular formula is C13H18O3. The molecule has 1 N–H and O–H groups in total. The predicted octanol–water partition coefficient (Wildman–Crippen LogP) is 3.02. The van der Waals surface area contributed by atoms with Gasteiger partial charge in [0.15, 0.2) is 0 Å². The summed E-state index contributed by atoms with van der Waals surface area (Å²) in [6.07, 6.45) is 1.22. The maximum absolute atomic E-state index is 9.09. The number of hydrogen-bond donors (Lipinski definition) is 1. The van der Waals surface area contributed by atoms with Crippen LogP contribution in [0.1, 0.15) is 17.5 Å². The van der Waals surface area contributed by atoms with E-state index >= 15 is 0 Å². The highest BCUT2D eigenvalue weighted by Crippen LogP contribution is 2.29. The number of aliphatic hydroxyl groups excluding tert-OH is 1. The molecule has 1 aromatic carbocycles. The van der Waals surface area contributed by atoms with Crippen molar-refractivity contribution in [3.8, 4) is 11.5 Å². The van der Waals surface area contributed by atoms with E-state index < -0.39 is 0 Å². The van der Waals surface area contributed by atoms with Crippen LogP contribution in [0.4, 0.5) is 0 Å². The zero-order chi connectivity index (χ0) is 12.1. The van der Waals surface area contributed by atoms with Gasteiger partial charge in [-0.3, -0.25) is 0 Å². The molecule has 0 atom stereocenters. The number of rotatable bonds is 5. The number of allylic oxidation sites excluding steroid dienone is 1. The van der Waals surface area contributed by atoms with Crippen LogP contribution in [-0.2, 0) is 6.42 Å². The Morgan fingerprint density at radius 1 is 1.25 bits per heavy atom. The van der Waals surface area contributed by atoms with Crippen molar-refractivity contribution >= 4 is 0 Å². The van der Waals surface area contributed by atoms with Gasteiger partial charge in [-0.15, -0.1) is 0 Å². The molecule has 0 unspecified atom stereocenters. The number of methoxy groups -OCH3 is 2. The monoisotopic (exact) mass is 222 g/mol. The second-order valence-corrected chi connectivity index (χ2v) is 3.70. The second-order valence-electron chi connectivity index (χ2n) is 3.70. The van der Waals surface area contributed by atoms with E-state index in [1.165, 1.54) is 0 Å². The summed E-state index contributed by atoms with van der Waals surface area (Å²) in [6.45, 7) is 5.44. The van der Waals surface area contributed by atoms with Crippen LogP contribution < -0.4 is 9.47 Å². The van der Waals surface area contributed by atoms with E-state index in [2.05, 4.69) is 6.58 Å². The van der Waals surface area contributed by atoms with Gasteiger partial charge in [-0.05, 0) is 36.6 Å². The van der Waals surface area contributed by atoms with Gasteiger partial charge < -0.3 is 14.6 Å². The average molecular weight is 222 g/mol. The van der Waals surface area contributed by atoms with Gasteiger partial charge in [-0.2, -0.15) is 0 Å². The predicted molar refractivity (Wildman–Crippen MR) is 64.4 cm³/mol. The first-order chi connectivity index (χ1) is 7.58. The van der Waals surface area contributed by atoms with Gasteiger partial charge in [0, 0.05) is 6.42 Å². The third-order valence-corrected chi connectivity index (χ3v) is 2.48. The van der Waals surface area contributed by atoms with E-state index in [0.29, 0.717) is 12.8 Å². The molecule has 3 nitrogen and oxygen atoms in total. The maximum atomic E-state index is 9.09. The fraction of sp³-hybridized carbons (Fsp3) is 0.385. The Bertz CT molecular complexity index is 383. The quantitative estimate of drug-likeness (QED) is 0.778. The molecule has 0 aliphatic rings. The molecule has 0 radical (unpaired) electrons. The zero-order valence-corrected chi connectivity index (χ0v) is 10.0. The number of aliphatic hydroxyl groups is 1. The largest absolute Gasteiger partial charge is 0.513 e. The summed E-state index contributed by atoms with van der Waals surface area (Å²) in [5.74, 6) is 1.83. The highest BCUT2D eigenvalue weighted by Gasteiger charge is 2.08. The molecule has 0 aromatic heterocycles. The summed E-state index contributed by atoms with van der Waals surface area (Å²) in [6, 6.07) is 3.88. The third-order valence-electron chi connectivity index (χ3n) is 2.48. The molecule has 0 amide bonds. The molecule has 0 heterocycles. The van der Waals surface area contributed by atoms with E-state index in [1.54, 1.807) is 14.2 Å². The SMILES string of the molecule is C=C(O)CCc1cc(OC)c(C)cc1OC. The minimum atomic E-state index is 0.182. The smallest absolute Gasteiger partial charge is 0.122 e. The first kappa shape index (κ1) is 12.4. The van der Waals surface area contributed by atoms with Crippen molar-refractivity contribution in [2.75, 3.05) is 14.2 Å². The second kappa shape index (κ2) is 5.45. The molecule has 3 heteroatoms. The van der Waals surface area contributed by atoms with Gasteiger partial charge in [0.1, 0.15) is 11.5 Å². The van der Waals surface area contributed by atoms with E-state index in [0.717, 1.165) is 22.6 Å². The zero-order valence-electron chi connectivity index (χ0n) is 10.0. The Labute approximate surface area is 96.3 Å². The summed E-state index contributed by atoms with van der Waals surface area (Å²) >= 11 is 0. The molecule has 0 aliphatic heterocycles. The third kappa shape index (κ3) is 2.92. The molecular weight excluding hydrogens is 204 g/mol. The standard InChI is InChI=1S/C13H18O3/c1-9-7-13(16-4)11(6-5-10(2)14)8-12(9)15-3/h7-8,14H,2,5-6H2,1,3-4H3. The topological polar surface area (TPSA) is 38.7 Å². The molecule has 0 saturated carbocycles. The van der Waals surface area contributed by atoms with Crippen LogP contribution in [0.5, 0.6) is 11.5 Å². The number of benzene rings is 1. The lowest BCUT2D eigenvalue weighted by Gasteiger charge is -2.12. The summed E-state index contributed by atoms with van der Waals surface area (Å²) < 4.78 is 10.5. The van der Waals surface area contributed by atoms with Gasteiger partial charge in [0.2, 0.25) is 0 Å². The Hall–Kier alpha value is -1.64. The summed E-state index contributed by atoms with van der Waals surface area (Å²) in [4.78, 5) is 0. The van der Waals surface area contributed by atoms with Crippen molar-refractivity contribution in [1.82, 2.24) is 0 Å². The van der Waals surface area contributed by atoms with Crippen molar-refractivity contribution in [3.63, 3.8) is 0 Å². The lowest BCUT2D eigenvalue weighted by molar-refractivity contribution is 0.382. The number of ether oxygens (including phenoxy) is 2. The van der Waals surface area contributed by atoms with Gasteiger partial charge in [0.25, 0.3) is 0 Å². The van der Waals surface area contributed by atoms with Gasteiger partial charge >= 0.3 is 0 Å². The summed E-state index contributed by atoms with van der Waals surface area (Å²) in [5, 5.41) is 9.09. The number of aryl methyl sites for hydroxylation is 2. The molecule has 0 spiro atoms. The highest BCUT2D eigenvalue weighted by molar-refractivity contribution is 5.46. The van der Waals surface area contributed by atoms with Crippen molar-refractivity contribution in [1.29, 1.82) is 0 Å². The van der Waals surface area contributed by atoms with Crippen molar-refractivity contribution in [3.05, 3.63) is 35.6 Å². The van der Waals surface area contributed by atoms with Gasteiger partial charge in [0.05, 0.1) is 20.0 Å². The van der Waals surface area contributed by atoms with E-state index in [9.17, 15) is 0 Å².